The van der Waals surface area contributed by atoms with Crippen LogP contribution >= 0.6 is 0 Å². The van der Waals surface area contributed by atoms with E-state index < -0.39 is 24.5 Å². The first-order valence-electron chi connectivity index (χ1n) is 10.2. The molecule has 1 aromatic carbocycles. The molecule has 0 aliphatic heterocycles. The van der Waals surface area contributed by atoms with E-state index in [4.69, 9.17) is 4.74 Å². The lowest BCUT2D eigenvalue weighted by Gasteiger charge is -2.08. The van der Waals surface area contributed by atoms with Crippen LogP contribution in [-0.4, -0.2) is 40.8 Å². The second kappa shape index (κ2) is 11.1. The number of ether oxygens (including phenoxy) is 1. The lowest BCUT2D eigenvalue weighted by Crippen LogP contribution is -2.42. The van der Waals surface area contributed by atoms with Gasteiger partial charge in [-0.3, -0.25) is 14.8 Å². The van der Waals surface area contributed by atoms with Crippen LogP contribution in [0.4, 0.5) is 4.79 Å². The summed E-state index contributed by atoms with van der Waals surface area (Å²) in [6, 6.07) is 7.63. The number of carbonyl (C=O) groups is 3. The van der Waals surface area contributed by atoms with Crippen molar-refractivity contribution in [2.75, 3.05) is 13.2 Å². The number of rotatable bonds is 8. The van der Waals surface area contributed by atoms with Gasteiger partial charge in [0.1, 0.15) is 0 Å². The first kappa shape index (κ1) is 23.9. The highest BCUT2D eigenvalue weighted by Gasteiger charge is 2.12. The van der Waals surface area contributed by atoms with Crippen molar-refractivity contribution in [2.24, 2.45) is 5.92 Å². The molecule has 1 heterocycles. The predicted octanol–water partition coefficient (Wildman–Crippen LogP) is 2.89. The Kier molecular flexibility index (Phi) is 8.54. The molecule has 0 aliphatic carbocycles. The second-order valence-corrected chi connectivity index (χ2v) is 7.82. The molecule has 0 aliphatic rings. The molecule has 0 radical (unpaired) electrons. The molecular formula is C23H30N4O4. The standard InChI is InChI=1S/C23H30N4O4/c1-15(2)12-24-23(30)25-21(28)14-31-22(29)11-10-20-17(4)26-27(18(20)5)13-19-8-6-16(3)7-9-19/h6-11,15H,12-14H2,1-5H3,(H2,24,25,28,30)/b11-10+. The Morgan fingerprint density at radius 2 is 1.81 bits per heavy atom. The Morgan fingerprint density at radius 3 is 2.45 bits per heavy atom. The molecule has 31 heavy (non-hydrogen) atoms. The van der Waals surface area contributed by atoms with Gasteiger partial charge in [-0.2, -0.15) is 5.10 Å². The fourth-order valence-corrected chi connectivity index (χ4v) is 2.81. The zero-order chi connectivity index (χ0) is 23.0. The Bertz CT molecular complexity index is 959. The largest absolute Gasteiger partial charge is 0.452 e. The van der Waals surface area contributed by atoms with Crippen LogP contribution in [0.25, 0.3) is 6.08 Å². The van der Waals surface area contributed by atoms with E-state index in [2.05, 4.69) is 40.0 Å². The number of amides is 3. The van der Waals surface area contributed by atoms with Gasteiger partial charge in [0.25, 0.3) is 5.91 Å². The van der Waals surface area contributed by atoms with Crippen molar-refractivity contribution in [3.63, 3.8) is 0 Å². The number of aryl methyl sites for hydroxylation is 2. The van der Waals surface area contributed by atoms with E-state index >= 15 is 0 Å². The maximum absolute atomic E-state index is 12.0. The monoisotopic (exact) mass is 426 g/mol. The van der Waals surface area contributed by atoms with Gasteiger partial charge < -0.3 is 10.1 Å². The molecule has 0 saturated heterocycles. The number of nitrogens with one attached hydrogen (secondary N) is 2. The van der Waals surface area contributed by atoms with Crippen molar-refractivity contribution in [1.82, 2.24) is 20.4 Å². The van der Waals surface area contributed by atoms with Gasteiger partial charge in [0.2, 0.25) is 0 Å². The maximum atomic E-state index is 12.0. The highest BCUT2D eigenvalue weighted by Crippen LogP contribution is 2.17. The molecule has 8 nitrogen and oxygen atoms in total. The number of carbonyl (C=O) groups excluding carboxylic acids is 3. The molecule has 2 aromatic rings. The van der Waals surface area contributed by atoms with E-state index in [9.17, 15) is 14.4 Å². The summed E-state index contributed by atoms with van der Waals surface area (Å²) in [5.74, 6) is -1.11. The van der Waals surface area contributed by atoms with Gasteiger partial charge in [0, 0.05) is 23.9 Å². The Hall–Kier alpha value is -3.42. The minimum Gasteiger partial charge on any atom is -0.452 e. The number of benzene rings is 1. The zero-order valence-corrected chi connectivity index (χ0v) is 18.7. The van der Waals surface area contributed by atoms with Crippen LogP contribution in [-0.2, 0) is 20.9 Å². The van der Waals surface area contributed by atoms with Gasteiger partial charge in [-0.15, -0.1) is 0 Å². The summed E-state index contributed by atoms with van der Waals surface area (Å²) in [5, 5.41) is 9.20. The third-order valence-electron chi connectivity index (χ3n) is 4.55. The molecule has 0 saturated carbocycles. The summed E-state index contributed by atoms with van der Waals surface area (Å²) in [6.07, 6.45) is 2.87. The van der Waals surface area contributed by atoms with Crippen molar-refractivity contribution in [2.45, 2.75) is 41.2 Å². The van der Waals surface area contributed by atoms with Crippen LogP contribution < -0.4 is 10.6 Å². The third kappa shape index (κ3) is 7.73. The smallest absolute Gasteiger partial charge is 0.331 e. The minimum atomic E-state index is -0.693. The number of esters is 1. The van der Waals surface area contributed by atoms with Crippen molar-refractivity contribution in [3.05, 3.63) is 58.4 Å². The highest BCUT2D eigenvalue weighted by molar-refractivity contribution is 5.96. The third-order valence-corrected chi connectivity index (χ3v) is 4.55. The number of nitrogens with zero attached hydrogens (tertiary/aromatic N) is 2. The molecule has 2 rings (SSSR count). The normalized spacial score (nSPS) is 11.0. The molecule has 166 valence electrons. The number of urea groups is 1. The molecular weight excluding hydrogens is 396 g/mol. The molecule has 3 amide bonds. The lowest BCUT2D eigenvalue weighted by atomic mass is 10.1. The predicted molar refractivity (Wildman–Crippen MR) is 118 cm³/mol. The van der Waals surface area contributed by atoms with Crippen molar-refractivity contribution < 1.29 is 19.1 Å². The summed E-state index contributed by atoms with van der Waals surface area (Å²) in [7, 11) is 0. The first-order valence-corrected chi connectivity index (χ1v) is 10.2. The van der Waals surface area contributed by atoms with Crippen molar-refractivity contribution >= 4 is 24.0 Å². The van der Waals surface area contributed by atoms with Gasteiger partial charge >= 0.3 is 12.0 Å². The quantitative estimate of drug-likeness (QED) is 0.499. The summed E-state index contributed by atoms with van der Waals surface area (Å²) < 4.78 is 6.78. The molecule has 0 fully saturated rings. The molecule has 0 spiro atoms. The summed E-state index contributed by atoms with van der Waals surface area (Å²) in [6.45, 7) is 10.2. The van der Waals surface area contributed by atoms with Crippen LogP contribution in [0.1, 0.15) is 41.9 Å². The van der Waals surface area contributed by atoms with E-state index in [1.807, 2.05) is 39.3 Å². The van der Waals surface area contributed by atoms with E-state index in [1.54, 1.807) is 6.08 Å². The molecule has 0 unspecified atom stereocenters. The molecule has 8 heteroatoms. The van der Waals surface area contributed by atoms with Gasteiger partial charge in [-0.05, 0) is 38.3 Å². The Labute approximate surface area is 182 Å². The van der Waals surface area contributed by atoms with Crippen LogP contribution in [0.5, 0.6) is 0 Å². The fourth-order valence-electron chi connectivity index (χ4n) is 2.81. The van der Waals surface area contributed by atoms with E-state index in [1.165, 1.54) is 11.6 Å². The molecule has 1 aromatic heterocycles. The number of hydrogen-bond donors (Lipinski definition) is 2. The zero-order valence-electron chi connectivity index (χ0n) is 18.7. The number of hydrogen-bond acceptors (Lipinski definition) is 5. The van der Waals surface area contributed by atoms with E-state index in [0.29, 0.717) is 13.1 Å². The fraction of sp³-hybridized carbons (Fsp3) is 0.391. The number of aromatic nitrogens is 2. The topological polar surface area (TPSA) is 102 Å². The van der Waals surface area contributed by atoms with Crippen LogP contribution in [0.3, 0.4) is 0 Å². The van der Waals surface area contributed by atoms with Crippen molar-refractivity contribution in [1.29, 1.82) is 0 Å². The van der Waals surface area contributed by atoms with Crippen LogP contribution in [0.2, 0.25) is 0 Å². The SMILES string of the molecule is Cc1ccc(Cn2nc(C)c(/C=C/C(=O)OCC(=O)NC(=O)NCC(C)C)c2C)cc1. The van der Waals surface area contributed by atoms with Gasteiger partial charge in [0.05, 0.1) is 12.2 Å². The summed E-state index contributed by atoms with van der Waals surface area (Å²) >= 11 is 0. The number of imide groups is 1. The molecule has 2 N–H and O–H groups in total. The average Bonchev–Trinajstić information content (AvgIpc) is 2.97. The lowest BCUT2D eigenvalue weighted by molar-refractivity contribution is -0.143. The molecule has 0 bridgehead atoms. The molecule has 0 atom stereocenters. The van der Waals surface area contributed by atoms with Gasteiger partial charge in [-0.1, -0.05) is 43.7 Å². The van der Waals surface area contributed by atoms with Gasteiger partial charge in [0.15, 0.2) is 6.61 Å². The van der Waals surface area contributed by atoms with Crippen molar-refractivity contribution in [3.8, 4) is 0 Å². The van der Waals surface area contributed by atoms with Crippen LogP contribution in [0, 0.1) is 26.7 Å². The van der Waals surface area contributed by atoms with E-state index in [0.717, 1.165) is 22.5 Å². The summed E-state index contributed by atoms with van der Waals surface area (Å²) in [5.41, 5.74) is 4.86. The second-order valence-electron chi connectivity index (χ2n) is 7.82. The summed E-state index contributed by atoms with van der Waals surface area (Å²) in [4.78, 5) is 35.2. The first-order chi connectivity index (χ1) is 14.7. The Balaban J connectivity index is 1.89. The minimum absolute atomic E-state index is 0.261. The highest BCUT2D eigenvalue weighted by atomic mass is 16.5. The maximum Gasteiger partial charge on any atom is 0.331 e. The van der Waals surface area contributed by atoms with Gasteiger partial charge in [-0.25, -0.2) is 9.59 Å². The van der Waals surface area contributed by atoms with Crippen LogP contribution in [0.15, 0.2) is 30.3 Å². The van der Waals surface area contributed by atoms with E-state index in [-0.39, 0.29) is 5.92 Å². The average molecular weight is 427 g/mol. The Morgan fingerprint density at radius 1 is 1.13 bits per heavy atom.